The molecule has 0 aliphatic carbocycles. The van der Waals surface area contributed by atoms with Crippen LogP contribution in [0.25, 0.3) is 0 Å². The Labute approximate surface area is 150 Å². The number of methoxy groups -OCH3 is 1. The Morgan fingerprint density at radius 3 is 2.64 bits per heavy atom. The minimum atomic E-state index is -3.06. The lowest BCUT2D eigenvalue weighted by molar-refractivity contribution is 0.275. The maximum atomic E-state index is 11.5. The summed E-state index contributed by atoms with van der Waals surface area (Å²) in [7, 11) is 0.334. The van der Waals surface area contributed by atoms with Gasteiger partial charge in [-0.15, -0.1) is 0 Å². The molecule has 1 saturated heterocycles. The van der Waals surface area contributed by atoms with Crippen LogP contribution >= 0.6 is 0 Å². The summed E-state index contributed by atoms with van der Waals surface area (Å²) in [6.45, 7) is 2.64. The Hall–Kier alpha value is -1.80. The van der Waals surface area contributed by atoms with Gasteiger partial charge in [0.1, 0.15) is 5.75 Å². The fourth-order valence-electron chi connectivity index (χ4n) is 2.87. The molecule has 0 atom stereocenters. The minimum Gasteiger partial charge on any atom is -0.497 e. The number of nitrogens with one attached hydrogen (secondary N) is 2. The predicted octanol–water partition coefficient (Wildman–Crippen LogP) is 1.03. The normalized spacial score (nSPS) is 17.3. The number of guanidine groups is 1. The zero-order chi connectivity index (χ0) is 18.3. The van der Waals surface area contributed by atoms with Gasteiger partial charge in [0.15, 0.2) is 5.96 Å². The highest BCUT2D eigenvalue weighted by molar-refractivity contribution is 7.88. The largest absolute Gasteiger partial charge is 0.497 e. The van der Waals surface area contributed by atoms with E-state index in [9.17, 15) is 8.42 Å². The molecule has 1 aliphatic heterocycles. The Morgan fingerprint density at radius 2 is 2.04 bits per heavy atom. The highest BCUT2D eigenvalue weighted by atomic mass is 32.2. The number of benzene rings is 1. The van der Waals surface area contributed by atoms with Gasteiger partial charge in [0.2, 0.25) is 10.0 Å². The van der Waals surface area contributed by atoms with Gasteiger partial charge < -0.3 is 15.4 Å². The summed E-state index contributed by atoms with van der Waals surface area (Å²) in [5.74, 6) is 2.03. The van der Waals surface area contributed by atoms with Gasteiger partial charge in [-0.05, 0) is 36.5 Å². The van der Waals surface area contributed by atoms with E-state index in [1.54, 1.807) is 18.5 Å². The van der Waals surface area contributed by atoms with E-state index in [1.165, 1.54) is 6.26 Å². The van der Waals surface area contributed by atoms with E-state index in [1.807, 2.05) is 24.3 Å². The molecule has 7 nitrogen and oxygen atoms in total. The van der Waals surface area contributed by atoms with Gasteiger partial charge in [0.05, 0.1) is 13.4 Å². The maximum Gasteiger partial charge on any atom is 0.211 e. The third kappa shape index (κ3) is 6.21. The van der Waals surface area contributed by atoms with E-state index in [2.05, 4.69) is 15.6 Å². The monoisotopic (exact) mass is 368 g/mol. The molecule has 0 spiro atoms. The standard InChI is InChI=1S/C17H28N4O3S/c1-18-17(20-13-15-5-4-6-16(11-15)24-2)19-12-14-7-9-21(10-8-14)25(3,22)23/h4-6,11,14H,7-10,12-13H2,1-3H3,(H2,18,19,20). The third-order valence-electron chi connectivity index (χ3n) is 4.42. The lowest BCUT2D eigenvalue weighted by Gasteiger charge is -2.30. The molecule has 1 aromatic rings. The van der Waals surface area contributed by atoms with E-state index in [4.69, 9.17) is 4.74 Å². The Kier molecular flexibility index (Phi) is 7.07. The maximum absolute atomic E-state index is 11.5. The van der Waals surface area contributed by atoms with Crippen LogP contribution in [0.4, 0.5) is 0 Å². The summed E-state index contributed by atoms with van der Waals surface area (Å²) in [5.41, 5.74) is 1.11. The Balaban J connectivity index is 1.75. The van der Waals surface area contributed by atoms with E-state index in [0.717, 1.165) is 36.7 Å². The van der Waals surface area contributed by atoms with Crippen LogP contribution < -0.4 is 15.4 Å². The molecule has 1 fully saturated rings. The summed E-state index contributed by atoms with van der Waals surface area (Å²) in [5, 5.41) is 6.62. The van der Waals surface area contributed by atoms with Crippen LogP contribution in [-0.2, 0) is 16.6 Å². The van der Waals surface area contributed by atoms with Gasteiger partial charge in [0, 0.05) is 33.2 Å². The summed E-state index contributed by atoms with van der Waals surface area (Å²) in [4.78, 5) is 4.24. The van der Waals surface area contributed by atoms with E-state index >= 15 is 0 Å². The number of rotatable bonds is 6. The van der Waals surface area contributed by atoms with Crippen molar-refractivity contribution in [1.82, 2.24) is 14.9 Å². The van der Waals surface area contributed by atoms with Crippen LogP contribution in [0, 0.1) is 5.92 Å². The third-order valence-corrected chi connectivity index (χ3v) is 5.72. The molecular weight excluding hydrogens is 340 g/mol. The molecule has 0 radical (unpaired) electrons. The average molecular weight is 369 g/mol. The zero-order valence-corrected chi connectivity index (χ0v) is 16.0. The molecule has 2 rings (SSSR count). The van der Waals surface area contributed by atoms with Crippen LogP contribution in [0.3, 0.4) is 0 Å². The van der Waals surface area contributed by atoms with Crippen molar-refractivity contribution in [3.63, 3.8) is 0 Å². The van der Waals surface area contributed by atoms with Crippen LogP contribution in [0.2, 0.25) is 0 Å². The van der Waals surface area contributed by atoms with Crippen molar-refractivity contribution >= 4 is 16.0 Å². The molecule has 1 aromatic carbocycles. The second-order valence-corrected chi connectivity index (χ2v) is 8.25. The molecule has 2 N–H and O–H groups in total. The molecule has 25 heavy (non-hydrogen) atoms. The number of piperidine rings is 1. The van der Waals surface area contributed by atoms with Gasteiger partial charge in [-0.1, -0.05) is 12.1 Å². The molecule has 1 heterocycles. The van der Waals surface area contributed by atoms with E-state index < -0.39 is 10.0 Å². The van der Waals surface area contributed by atoms with Gasteiger partial charge in [-0.2, -0.15) is 0 Å². The molecular formula is C17H28N4O3S. The average Bonchev–Trinajstić information content (AvgIpc) is 2.61. The molecule has 140 valence electrons. The first-order chi connectivity index (χ1) is 11.9. The highest BCUT2D eigenvalue weighted by Crippen LogP contribution is 2.18. The van der Waals surface area contributed by atoms with Crippen molar-refractivity contribution in [3.05, 3.63) is 29.8 Å². The first-order valence-corrected chi connectivity index (χ1v) is 10.3. The van der Waals surface area contributed by atoms with Gasteiger partial charge in [-0.3, -0.25) is 4.99 Å². The Morgan fingerprint density at radius 1 is 1.32 bits per heavy atom. The van der Waals surface area contributed by atoms with Crippen molar-refractivity contribution in [2.24, 2.45) is 10.9 Å². The van der Waals surface area contributed by atoms with Crippen molar-refractivity contribution < 1.29 is 13.2 Å². The highest BCUT2D eigenvalue weighted by Gasteiger charge is 2.24. The Bertz CT molecular complexity index is 683. The first kappa shape index (κ1) is 19.5. The summed E-state index contributed by atoms with van der Waals surface area (Å²) < 4.78 is 29.9. The lowest BCUT2D eigenvalue weighted by Crippen LogP contribution is -2.43. The van der Waals surface area contributed by atoms with Crippen molar-refractivity contribution in [3.8, 4) is 5.75 Å². The molecule has 0 amide bonds. The van der Waals surface area contributed by atoms with Gasteiger partial charge >= 0.3 is 0 Å². The topological polar surface area (TPSA) is 83.0 Å². The summed E-state index contributed by atoms with van der Waals surface area (Å²) >= 11 is 0. The van der Waals surface area contributed by atoms with Crippen LogP contribution in [0.5, 0.6) is 5.75 Å². The quantitative estimate of drug-likeness (QED) is 0.579. The smallest absolute Gasteiger partial charge is 0.211 e. The van der Waals surface area contributed by atoms with Crippen molar-refractivity contribution in [2.75, 3.05) is 40.0 Å². The van der Waals surface area contributed by atoms with Crippen LogP contribution in [0.15, 0.2) is 29.3 Å². The number of ether oxygens (including phenoxy) is 1. The SMILES string of the molecule is CN=C(NCc1cccc(OC)c1)NCC1CCN(S(C)(=O)=O)CC1. The van der Waals surface area contributed by atoms with E-state index in [-0.39, 0.29) is 0 Å². The van der Waals surface area contributed by atoms with Crippen LogP contribution in [0.1, 0.15) is 18.4 Å². The minimum absolute atomic E-state index is 0.452. The van der Waals surface area contributed by atoms with Gasteiger partial charge in [0.25, 0.3) is 0 Å². The molecule has 8 heteroatoms. The zero-order valence-electron chi connectivity index (χ0n) is 15.2. The van der Waals surface area contributed by atoms with Gasteiger partial charge in [-0.25, -0.2) is 12.7 Å². The lowest BCUT2D eigenvalue weighted by atomic mass is 9.98. The van der Waals surface area contributed by atoms with Crippen LogP contribution in [-0.4, -0.2) is 58.7 Å². The fourth-order valence-corrected chi connectivity index (χ4v) is 3.75. The molecule has 0 bridgehead atoms. The summed E-state index contributed by atoms with van der Waals surface area (Å²) in [6.07, 6.45) is 3.01. The predicted molar refractivity (Wildman–Crippen MR) is 100 cm³/mol. The second-order valence-electron chi connectivity index (χ2n) is 6.26. The molecule has 1 aliphatic rings. The number of aliphatic imine (C=N–C) groups is 1. The second kappa shape index (κ2) is 9.05. The summed E-state index contributed by atoms with van der Waals surface area (Å²) in [6, 6.07) is 7.89. The fraction of sp³-hybridized carbons (Fsp3) is 0.588. The number of nitrogens with zero attached hydrogens (tertiary/aromatic N) is 2. The molecule has 0 aromatic heterocycles. The van der Waals surface area contributed by atoms with Crippen molar-refractivity contribution in [1.29, 1.82) is 0 Å². The first-order valence-electron chi connectivity index (χ1n) is 8.45. The van der Waals surface area contributed by atoms with Crippen molar-refractivity contribution in [2.45, 2.75) is 19.4 Å². The van der Waals surface area contributed by atoms with E-state index in [0.29, 0.717) is 25.6 Å². The number of hydrogen-bond donors (Lipinski definition) is 2. The molecule has 0 saturated carbocycles. The number of sulfonamides is 1. The number of hydrogen-bond acceptors (Lipinski definition) is 4. The molecule has 0 unspecified atom stereocenters.